The van der Waals surface area contributed by atoms with Gasteiger partial charge in [-0.2, -0.15) is 0 Å². The monoisotopic (exact) mass is 250 g/mol. The molecule has 0 saturated heterocycles. The van der Waals surface area contributed by atoms with E-state index in [1.54, 1.807) is 0 Å². The lowest BCUT2D eigenvalue weighted by Crippen LogP contribution is -2.40. The van der Waals surface area contributed by atoms with Gasteiger partial charge in [0, 0.05) is 5.57 Å². The number of rotatable bonds is 9. The summed E-state index contributed by atoms with van der Waals surface area (Å²) in [5.41, 5.74) is 0.0451. The highest BCUT2D eigenvalue weighted by Gasteiger charge is 2.29. The number of aliphatic hydroxyl groups is 3. The zero-order chi connectivity index (χ0) is 13.3. The van der Waals surface area contributed by atoms with Gasteiger partial charge in [0.15, 0.2) is 0 Å². The van der Waals surface area contributed by atoms with Crippen LogP contribution in [0.5, 0.6) is 0 Å². The predicted octanol–water partition coefficient (Wildman–Crippen LogP) is -1.23. The van der Waals surface area contributed by atoms with Gasteiger partial charge in [-0.15, -0.1) is 0 Å². The van der Waals surface area contributed by atoms with Gasteiger partial charge < -0.3 is 29.5 Å². The van der Waals surface area contributed by atoms with Crippen molar-refractivity contribution >= 4 is 5.97 Å². The number of carbonyl (C=O) groups is 1. The van der Waals surface area contributed by atoms with E-state index in [4.69, 9.17) is 14.6 Å². The minimum absolute atomic E-state index is 0.0451. The van der Waals surface area contributed by atoms with Gasteiger partial charge in [0.25, 0.3) is 0 Å². The molecule has 0 aromatic rings. The molecule has 3 N–H and O–H groups in total. The average Bonchev–Trinajstić information content (AvgIpc) is 2.22. The molecule has 0 heterocycles. The van der Waals surface area contributed by atoms with Crippen molar-refractivity contribution in [1.29, 1.82) is 0 Å². The fraction of sp³-hybridized carbons (Fsp3) is 0.700. The Bertz CT molecular complexity index is 249. The van der Waals surface area contributed by atoms with Crippen LogP contribution in [0.3, 0.4) is 0 Å². The minimum atomic E-state index is -2.69. The quantitative estimate of drug-likeness (QED) is 0.203. The van der Waals surface area contributed by atoms with Gasteiger partial charge in [-0.05, 0) is 6.92 Å². The maximum absolute atomic E-state index is 11.0. The number of hydrogen-bond acceptors (Lipinski definition) is 7. The first-order valence-corrected chi connectivity index (χ1v) is 4.99. The van der Waals surface area contributed by atoms with Crippen LogP contribution >= 0.6 is 0 Å². The van der Waals surface area contributed by atoms with Crippen LogP contribution in [0.15, 0.2) is 12.2 Å². The van der Waals surface area contributed by atoms with E-state index < -0.39 is 18.5 Å². The number of hydrogen-bond donors (Lipinski definition) is 3. The second-order valence-corrected chi connectivity index (χ2v) is 3.30. The lowest BCUT2D eigenvalue weighted by Gasteiger charge is -2.21. The summed E-state index contributed by atoms with van der Waals surface area (Å²) in [5.74, 6) is -3.61. The Morgan fingerprint density at radius 1 is 1.24 bits per heavy atom. The third-order valence-electron chi connectivity index (χ3n) is 1.50. The van der Waals surface area contributed by atoms with Crippen LogP contribution in [0.4, 0.5) is 0 Å². The van der Waals surface area contributed by atoms with Gasteiger partial charge in [-0.3, -0.25) is 0 Å². The van der Waals surface area contributed by atoms with Crippen molar-refractivity contribution < 1.29 is 34.3 Å². The molecule has 0 aliphatic rings. The fourth-order valence-corrected chi connectivity index (χ4v) is 0.755. The SMILES string of the molecule is C=C(C)C(=O)OC(O)(O)COCCOCCO. The van der Waals surface area contributed by atoms with Crippen molar-refractivity contribution in [3.63, 3.8) is 0 Å². The van der Waals surface area contributed by atoms with Gasteiger partial charge >= 0.3 is 11.9 Å². The van der Waals surface area contributed by atoms with E-state index in [-0.39, 0.29) is 32.0 Å². The molecule has 0 unspecified atom stereocenters. The minimum Gasteiger partial charge on any atom is -0.403 e. The van der Waals surface area contributed by atoms with E-state index in [1.807, 2.05) is 0 Å². The molecule has 0 aliphatic carbocycles. The highest BCUT2D eigenvalue weighted by Crippen LogP contribution is 2.06. The number of carbonyl (C=O) groups excluding carboxylic acids is 1. The van der Waals surface area contributed by atoms with E-state index in [2.05, 4.69) is 11.3 Å². The summed E-state index contributed by atoms with van der Waals surface area (Å²) in [6, 6.07) is 0. The van der Waals surface area contributed by atoms with Gasteiger partial charge in [0.2, 0.25) is 0 Å². The molecule has 7 heteroatoms. The van der Waals surface area contributed by atoms with E-state index >= 15 is 0 Å². The number of esters is 1. The normalized spacial score (nSPS) is 11.3. The Morgan fingerprint density at radius 3 is 2.35 bits per heavy atom. The molecule has 0 aromatic carbocycles. The summed E-state index contributed by atoms with van der Waals surface area (Å²) >= 11 is 0. The maximum atomic E-state index is 11.0. The molecule has 0 fully saturated rings. The Labute approximate surface area is 99.2 Å². The van der Waals surface area contributed by atoms with Gasteiger partial charge in [0.05, 0.1) is 26.4 Å². The zero-order valence-corrected chi connectivity index (χ0v) is 9.72. The van der Waals surface area contributed by atoms with E-state index in [0.29, 0.717) is 0 Å². The van der Waals surface area contributed by atoms with Crippen LogP contribution in [0.25, 0.3) is 0 Å². The Balaban J connectivity index is 3.71. The van der Waals surface area contributed by atoms with Crippen molar-refractivity contribution in [2.24, 2.45) is 0 Å². The standard InChI is InChI=1S/C10H18O7/c1-8(2)9(12)17-10(13,14)7-16-6-5-15-4-3-11/h11,13-14H,1,3-7H2,2H3. The second-order valence-electron chi connectivity index (χ2n) is 3.30. The summed E-state index contributed by atoms with van der Waals surface area (Å²) in [6.45, 7) is 4.41. The predicted molar refractivity (Wildman–Crippen MR) is 56.8 cm³/mol. The van der Waals surface area contributed by atoms with Crippen LogP contribution in [-0.2, 0) is 19.0 Å². The zero-order valence-electron chi connectivity index (χ0n) is 9.72. The molecule has 0 spiro atoms. The smallest absolute Gasteiger partial charge is 0.349 e. The molecule has 17 heavy (non-hydrogen) atoms. The fourth-order valence-electron chi connectivity index (χ4n) is 0.755. The van der Waals surface area contributed by atoms with Crippen molar-refractivity contribution in [3.8, 4) is 0 Å². The van der Waals surface area contributed by atoms with E-state index in [9.17, 15) is 15.0 Å². The van der Waals surface area contributed by atoms with Gasteiger partial charge in [-0.1, -0.05) is 6.58 Å². The molecular weight excluding hydrogens is 232 g/mol. The molecule has 0 aromatic heterocycles. The van der Waals surface area contributed by atoms with E-state index in [1.165, 1.54) is 6.92 Å². The molecule has 0 atom stereocenters. The largest absolute Gasteiger partial charge is 0.403 e. The topological polar surface area (TPSA) is 105 Å². The molecule has 0 aliphatic heterocycles. The third kappa shape index (κ3) is 8.78. The van der Waals surface area contributed by atoms with Gasteiger partial charge in [-0.25, -0.2) is 4.79 Å². The molecule has 0 rings (SSSR count). The molecule has 0 bridgehead atoms. The summed E-state index contributed by atoms with van der Waals surface area (Å²) in [4.78, 5) is 11.0. The van der Waals surface area contributed by atoms with Crippen LogP contribution in [-0.4, -0.2) is 60.3 Å². The van der Waals surface area contributed by atoms with Crippen LogP contribution < -0.4 is 0 Å². The highest BCUT2D eigenvalue weighted by atomic mass is 16.8. The molecule has 0 saturated carbocycles. The molecule has 100 valence electrons. The molecule has 7 nitrogen and oxygen atoms in total. The van der Waals surface area contributed by atoms with Gasteiger partial charge in [0.1, 0.15) is 6.61 Å². The summed E-state index contributed by atoms with van der Waals surface area (Å²) in [5, 5.41) is 26.8. The Hall–Kier alpha value is -0.990. The van der Waals surface area contributed by atoms with Crippen LogP contribution in [0.1, 0.15) is 6.92 Å². The Kier molecular flexibility index (Phi) is 7.68. The highest BCUT2D eigenvalue weighted by molar-refractivity contribution is 5.87. The lowest BCUT2D eigenvalue weighted by molar-refractivity contribution is -0.335. The van der Waals surface area contributed by atoms with Crippen molar-refractivity contribution in [2.45, 2.75) is 12.9 Å². The second kappa shape index (κ2) is 8.15. The first-order valence-electron chi connectivity index (χ1n) is 4.99. The molecule has 0 radical (unpaired) electrons. The first-order chi connectivity index (χ1) is 7.89. The van der Waals surface area contributed by atoms with Crippen molar-refractivity contribution in [1.82, 2.24) is 0 Å². The maximum Gasteiger partial charge on any atom is 0.349 e. The van der Waals surface area contributed by atoms with Crippen LogP contribution in [0.2, 0.25) is 0 Å². The third-order valence-corrected chi connectivity index (χ3v) is 1.50. The summed E-state index contributed by atoms with van der Waals surface area (Å²) < 4.78 is 14.0. The number of ether oxygens (including phenoxy) is 3. The first kappa shape index (κ1) is 16.0. The lowest BCUT2D eigenvalue weighted by atomic mass is 10.4. The summed E-state index contributed by atoms with van der Waals surface area (Å²) in [7, 11) is 0. The molecule has 0 amide bonds. The van der Waals surface area contributed by atoms with Crippen LogP contribution in [0, 0.1) is 0 Å². The van der Waals surface area contributed by atoms with Crippen molar-refractivity contribution in [3.05, 3.63) is 12.2 Å². The summed E-state index contributed by atoms with van der Waals surface area (Å²) in [6.07, 6.45) is 0. The molecular formula is C10H18O7. The van der Waals surface area contributed by atoms with E-state index in [0.717, 1.165) is 0 Å². The average molecular weight is 250 g/mol. The number of aliphatic hydroxyl groups excluding tert-OH is 1. The Morgan fingerprint density at radius 2 is 1.82 bits per heavy atom. The van der Waals surface area contributed by atoms with Crippen molar-refractivity contribution in [2.75, 3.05) is 33.0 Å².